The number of ether oxygens (including phenoxy) is 2. The predicted octanol–water partition coefficient (Wildman–Crippen LogP) is 0.921. The van der Waals surface area contributed by atoms with E-state index in [2.05, 4.69) is 26.3 Å². The van der Waals surface area contributed by atoms with Crippen LogP contribution >= 0.6 is 0 Å². The van der Waals surface area contributed by atoms with Crippen LogP contribution in [0.1, 0.15) is 31.9 Å². The molecule has 1 saturated heterocycles. The largest absolute Gasteiger partial charge is 0.394 e. The Labute approximate surface area is 185 Å². The van der Waals surface area contributed by atoms with Crippen molar-refractivity contribution in [3.8, 4) is 0 Å². The van der Waals surface area contributed by atoms with Crippen molar-refractivity contribution in [2.75, 3.05) is 25.6 Å². The van der Waals surface area contributed by atoms with Crippen LogP contribution < -0.4 is 5.32 Å². The Morgan fingerprint density at radius 2 is 2.22 bits per heavy atom. The Morgan fingerprint density at radius 1 is 1.34 bits per heavy atom. The number of allylic oxidation sites excluding steroid dienone is 3. The first-order valence-corrected chi connectivity index (χ1v) is 11.0. The number of imidazole rings is 1. The van der Waals surface area contributed by atoms with Crippen molar-refractivity contribution < 1.29 is 24.8 Å². The summed E-state index contributed by atoms with van der Waals surface area (Å²) in [6, 6.07) is 0. The van der Waals surface area contributed by atoms with Gasteiger partial charge >= 0.3 is 0 Å². The number of nitrogens with one attached hydrogen (secondary N) is 1. The van der Waals surface area contributed by atoms with Gasteiger partial charge in [-0.25, -0.2) is 15.0 Å². The number of fused-ring (bicyclic) bond motifs is 2. The molecule has 0 radical (unpaired) electrons. The maximum absolute atomic E-state index is 11.4. The van der Waals surface area contributed by atoms with E-state index in [0.717, 1.165) is 24.8 Å². The number of hydrogen-bond donors (Lipinski definition) is 4. The van der Waals surface area contributed by atoms with Crippen molar-refractivity contribution in [2.45, 2.75) is 55.8 Å². The molecule has 1 aliphatic heterocycles. The lowest BCUT2D eigenvalue weighted by atomic mass is 9.70. The highest BCUT2D eigenvalue weighted by atomic mass is 16.6. The Balaban J connectivity index is 1.40. The molecule has 2 fully saturated rings. The fraction of sp³-hybridized carbons (Fsp3) is 0.591. The molecular weight excluding hydrogens is 414 g/mol. The third-order valence-electron chi connectivity index (χ3n) is 6.90. The van der Waals surface area contributed by atoms with Gasteiger partial charge in [-0.1, -0.05) is 18.2 Å². The summed E-state index contributed by atoms with van der Waals surface area (Å²) in [5, 5.41) is 34.6. The lowest BCUT2D eigenvalue weighted by molar-refractivity contribution is -0.0583. The second-order valence-electron chi connectivity index (χ2n) is 8.75. The van der Waals surface area contributed by atoms with Crippen LogP contribution in [0.2, 0.25) is 0 Å². The van der Waals surface area contributed by atoms with Gasteiger partial charge in [0.2, 0.25) is 0 Å². The molecule has 2 aromatic heterocycles. The van der Waals surface area contributed by atoms with Crippen LogP contribution in [-0.2, 0) is 9.47 Å². The molecule has 2 unspecified atom stereocenters. The van der Waals surface area contributed by atoms with Crippen LogP contribution in [-0.4, -0.2) is 79.0 Å². The number of anilines is 1. The molecule has 6 atom stereocenters. The van der Waals surface area contributed by atoms with E-state index in [0.29, 0.717) is 35.9 Å². The van der Waals surface area contributed by atoms with Crippen LogP contribution in [0.25, 0.3) is 11.2 Å². The summed E-state index contributed by atoms with van der Waals surface area (Å²) in [7, 11) is 1.48. The molecule has 4 N–H and O–H groups in total. The van der Waals surface area contributed by atoms with Gasteiger partial charge in [-0.3, -0.25) is 4.57 Å². The lowest BCUT2D eigenvalue weighted by Crippen LogP contribution is -2.44. The molecule has 3 aliphatic rings. The Bertz CT molecular complexity index is 1040. The molecule has 2 aromatic rings. The molecule has 10 heteroatoms. The van der Waals surface area contributed by atoms with Crippen molar-refractivity contribution in [1.29, 1.82) is 0 Å². The topological polar surface area (TPSA) is 135 Å². The average Bonchev–Trinajstić information content (AvgIpc) is 3.38. The number of aromatic nitrogens is 4. The first-order valence-electron chi connectivity index (χ1n) is 11.0. The van der Waals surface area contributed by atoms with E-state index in [4.69, 9.17) is 9.47 Å². The lowest BCUT2D eigenvalue weighted by Gasteiger charge is -2.41. The standard InChI is InChI=1S/C22H29N5O5/c1-31-18-17(29)15(9-28)32-21(18)27-12-26-16-19(24-11-25-20(16)27)23-10-22(30)8-4-6-13-5-2-3-7-14(13)22/h2-3,7,11-13,15,17-18,21,28-30H,4-6,8-10H2,1H3,(H,23,24,25)/t13?,15-,17-,18-,21-,22?/m1/s1. The summed E-state index contributed by atoms with van der Waals surface area (Å²) in [5.74, 6) is 0.907. The van der Waals surface area contributed by atoms with Crippen LogP contribution in [0.15, 0.2) is 36.5 Å². The second kappa shape index (κ2) is 8.53. The zero-order valence-corrected chi connectivity index (χ0v) is 18.0. The molecule has 172 valence electrons. The predicted molar refractivity (Wildman–Crippen MR) is 116 cm³/mol. The van der Waals surface area contributed by atoms with Crippen LogP contribution in [0.4, 0.5) is 5.82 Å². The molecule has 3 heterocycles. The first-order chi connectivity index (χ1) is 15.6. The minimum Gasteiger partial charge on any atom is -0.394 e. The van der Waals surface area contributed by atoms with E-state index in [1.807, 2.05) is 12.2 Å². The highest BCUT2D eigenvalue weighted by molar-refractivity contribution is 5.82. The molecule has 0 amide bonds. The molecule has 1 saturated carbocycles. The van der Waals surface area contributed by atoms with Crippen molar-refractivity contribution >= 4 is 17.0 Å². The van der Waals surface area contributed by atoms with Crippen molar-refractivity contribution in [3.63, 3.8) is 0 Å². The Kier molecular flexibility index (Phi) is 5.72. The van der Waals surface area contributed by atoms with Crippen LogP contribution in [0.3, 0.4) is 0 Å². The normalized spacial score (nSPS) is 34.5. The minimum atomic E-state index is -0.974. The molecule has 10 nitrogen and oxygen atoms in total. The van der Waals surface area contributed by atoms with E-state index in [-0.39, 0.29) is 6.61 Å². The zero-order chi connectivity index (χ0) is 22.3. The monoisotopic (exact) mass is 443 g/mol. The van der Waals surface area contributed by atoms with Gasteiger partial charge < -0.3 is 30.1 Å². The quantitative estimate of drug-likeness (QED) is 0.514. The number of nitrogens with zero attached hydrogens (tertiary/aromatic N) is 4. The molecule has 0 spiro atoms. The molecule has 5 rings (SSSR count). The van der Waals surface area contributed by atoms with E-state index < -0.39 is 30.1 Å². The smallest absolute Gasteiger partial charge is 0.167 e. The maximum Gasteiger partial charge on any atom is 0.167 e. The van der Waals surface area contributed by atoms with E-state index >= 15 is 0 Å². The first kappa shape index (κ1) is 21.5. The fourth-order valence-electron chi connectivity index (χ4n) is 5.21. The average molecular weight is 444 g/mol. The van der Waals surface area contributed by atoms with Crippen molar-refractivity contribution in [2.24, 2.45) is 5.92 Å². The molecule has 0 aromatic carbocycles. The number of aliphatic hydroxyl groups excluding tert-OH is 2. The highest BCUT2D eigenvalue weighted by Crippen LogP contribution is 2.41. The molecule has 0 bridgehead atoms. The number of methoxy groups -OCH3 is 1. The fourth-order valence-corrected chi connectivity index (χ4v) is 5.21. The van der Waals surface area contributed by atoms with Gasteiger partial charge in [0, 0.05) is 13.7 Å². The van der Waals surface area contributed by atoms with Gasteiger partial charge in [0.1, 0.15) is 30.2 Å². The van der Waals surface area contributed by atoms with Gasteiger partial charge in [-0.05, 0) is 37.2 Å². The van der Waals surface area contributed by atoms with E-state index in [9.17, 15) is 15.3 Å². The highest BCUT2D eigenvalue weighted by Gasteiger charge is 2.45. The summed E-state index contributed by atoms with van der Waals surface area (Å²) < 4.78 is 12.9. The summed E-state index contributed by atoms with van der Waals surface area (Å²) >= 11 is 0. The molecular formula is C22H29N5O5. The molecule has 2 aliphatic carbocycles. The van der Waals surface area contributed by atoms with E-state index in [1.54, 1.807) is 10.9 Å². The summed E-state index contributed by atoms with van der Waals surface area (Å²) in [6.45, 7) is 0.00460. The van der Waals surface area contributed by atoms with Crippen molar-refractivity contribution in [3.05, 3.63) is 36.5 Å². The van der Waals surface area contributed by atoms with Gasteiger partial charge in [-0.2, -0.15) is 0 Å². The third-order valence-corrected chi connectivity index (χ3v) is 6.90. The summed E-state index contributed by atoms with van der Waals surface area (Å²) in [4.78, 5) is 13.2. The maximum atomic E-state index is 11.4. The van der Waals surface area contributed by atoms with Gasteiger partial charge in [0.15, 0.2) is 23.2 Å². The van der Waals surface area contributed by atoms with Gasteiger partial charge in [0.05, 0.1) is 12.9 Å². The van der Waals surface area contributed by atoms with Crippen LogP contribution in [0.5, 0.6) is 0 Å². The number of aliphatic hydroxyl groups is 3. The Morgan fingerprint density at radius 3 is 3.03 bits per heavy atom. The molecule has 32 heavy (non-hydrogen) atoms. The van der Waals surface area contributed by atoms with E-state index in [1.165, 1.54) is 13.4 Å². The summed E-state index contributed by atoms with van der Waals surface area (Å²) in [5.41, 5.74) is 1.19. The number of rotatable bonds is 6. The van der Waals surface area contributed by atoms with Gasteiger partial charge in [0.25, 0.3) is 0 Å². The number of hydrogen-bond acceptors (Lipinski definition) is 9. The SMILES string of the molecule is CO[C@@H]1[C@H](O)[C@@H](CO)O[C@H]1n1cnc2c(NCC3(O)CCCC4CC=CC=C43)ncnc21. The van der Waals surface area contributed by atoms with Gasteiger partial charge in [-0.15, -0.1) is 0 Å². The minimum absolute atomic E-state index is 0.323. The van der Waals surface area contributed by atoms with Crippen LogP contribution in [0, 0.1) is 5.92 Å². The van der Waals surface area contributed by atoms with Crippen molar-refractivity contribution in [1.82, 2.24) is 19.5 Å². The zero-order valence-electron chi connectivity index (χ0n) is 18.0. The summed E-state index contributed by atoms with van der Waals surface area (Å²) in [6.07, 6.45) is 9.86. The second-order valence-corrected chi connectivity index (χ2v) is 8.75. The Hall–Kier alpha value is -2.37. The third kappa shape index (κ3) is 3.52.